The van der Waals surface area contributed by atoms with Gasteiger partial charge in [-0.05, 0) is 37.8 Å². The summed E-state index contributed by atoms with van der Waals surface area (Å²) in [5, 5.41) is 0. The highest BCUT2D eigenvalue weighted by Gasteiger charge is 2.39. The van der Waals surface area contributed by atoms with E-state index in [1.54, 1.807) is 0 Å². The van der Waals surface area contributed by atoms with E-state index in [2.05, 4.69) is 19.1 Å². The quantitative estimate of drug-likeness (QED) is 0.931. The highest BCUT2D eigenvalue weighted by Crippen LogP contribution is 2.33. The van der Waals surface area contributed by atoms with Gasteiger partial charge < -0.3 is 10.6 Å². The molecule has 0 spiro atoms. The second-order valence-electron chi connectivity index (χ2n) is 6.42. The molecule has 0 aromatic heterocycles. The summed E-state index contributed by atoms with van der Waals surface area (Å²) in [7, 11) is 1.89. The number of nitrogens with zero attached hydrogens (tertiary/aromatic N) is 1. The highest BCUT2D eigenvalue weighted by molar-refractivity contribution is 5.85. The van der Waals surface area contributed by atoms with Gasteiger partial charge in [0.1, 0.15) is 0 Å². The predicted molar refractivity (Wildman–Crippen MR) is 89.5 cm³/mol. The molecule has 2 unspecified atom stereocenters. The Balaban J connectivity index is 0.00000220. The first-order valence-electron chi connectivity index (χ1n) is 7.50. The molecule has 0 radical (unpaired) electrons. The van der Waals surface area contributed by atoms with Crippen LogP contribution in [0.2, 0.25) is 0 Å². The molecule has 0 heterocycles. The van der Waals surface area contributed by atoms with Crippen LogP contribution in [-0.4, -0.2) is 23.4 Å². The lowest BCUT2D eigenvalue weighted by Gasteiger charge is -2.39. The molecule has 2 rings (SSSR count). The Morgan fingerprint density at radius 1 is 1.38 bits per heavy atom. The van der Waals surface area contributed by atoms with E-state index in [4.69, 9.17) is 5.73 Å². The molecule has 1 amide bonds. The van der Waals surface area contributed by atoms with Crippen molar-refractivity contribution in [2.75, 3.05) is 7.05 Å². The molecule has 0 aliphatic heterocycles. The third-order valence-corrected chi connectivity index (χ3v) is 4.60. The topological polar surface area (TPSA) is 46.3 Å². The Kier molecular flexibility index (Phi) is 6.24. The molecule has 1 aliphatic carbocycles. The van der Waals surface area contributed by atoms with Crippen molar-refractivity contribution in [2.24, 2.45) is 11.7 Å². The lowest BCUT2D eigenvalue weighted by Crippen LogP contribution is -2.53. The number of rotatable bonds is 3. The van der Waals surface area contributed by atoms with Crippen molar-refractivity contribution < 1.29 is 4.79 Å². The van der Waals surface area contributed by atoms with E-state index >= 15 is 0 Å². The maximum absolute atomic E-state index is 12.7. The SMILES string of the molecule is Cc1ccccc1CN(C)C(=O)C1CCCCC1(C)N.Cl. The maximum Gasteiger partial charge on any atom is 0.227 e. The summed E-state index contributed by atoms with van der Waals surface area (Å²) in [6, 6.07) is 8.22. The number of hydrogen-bond acceptors (Lipinski definition) is 2. The van der Waals surface area contributed by atoms with Crippen LogP contribution in [0.4, 0.5) is 0 Å². The zero-order valence-corrected chi connectivity index (χ0v) is 14.1. The summed E-state index contributed by atoms with van der Waals surface area (Å²) < 4.78 is 0. The van der Waals surface area contributed by atoms with E-state index < -0.39 is 0 Å². The van der Waals surface area contributed by atoms with Crippen molar-refractivity contribution in [1.82, 2.24) is 4.90 Å². The number of aryl methyl sites for hydroxylation is 1. The molecule has 1 aromatic carbocycles. The number of benzene rings is 1. The van der Waals surface area contributed by atoms with E-state index in [0.29, 0.717) is 6.54 Å². The third kappa shape index (κ3) is 4.21. The summed E-state index contributed by atoms with van der Waals surface area (Å²) in [5.74, 6) is 0.156. The lowest BCUT2D eigenvalue weighted by atomic mass is 9.74. The first kappa shape index (κ1) is 18.0. The lowest BCUT2D eigenvalue weighted by molar-refractivity contribution is -0.138. The minimum atomic E-state index is -0.352. The van der Waals surface area contributed by atoms with Crippen LogP contribution in [0.15, 0.2) is 24.3 Å². The van der Waals surface area contributed by atoms with E-state index in [-0.39, 0.29) is 29.8 Å². The van der Waals surface area contributed by atoms with Gasteiger partial charge in [-0.25, -0.2) is 0 Å². The van der Waals surface area contributed by atoms with Crippen molar-refractivity contribution >= 4 is 18.3 Å². The molecule has 2 N–H and O–H groups in total. The summed E-state index contributed by atoms with van der Waals surface area (Å²) in [5.41, 5.74) is 8.42. The van der Waals surface area contributed by atoms with Crippen LogP contribution >= 0.6 is 12.4 Å². The minimum Gasteiger partial charge on any atom is -0.341 e. The van der Waals surface area contributed by atoms with Gasteiger partial charge >= 0.3 is 0 Å². The smallest absolute Gasteiger partial charge is 0.227 e. The molecular formula is C17H27ClN2O. The van der Waals surface area contributed by atoms with Crippen molar-refractivity contribution in [3.63, 3.8) is 0 Å². The van der Waals surface area contributed by atoms with Gasteiger partial charge in [-0.3, -0.25) is 4.79 Å². The van der Waals surface area contributed by atoms with Crippen molar-refractivity contribution in [3.05, 3.63) is 35.4 Å². The number of carbonyl (C=O) groups is 1. The van der Waals surface area contributed by atoms with E-state index in [1.165, 1.54) is 11.1 Å². The van der Waals surface area contributed by atoms with Gasteiger partial charge in [0.05, 0.1) is 5.92 Å². The second-order valence-corrected chi connectivity index (χ2v) is 6.42. The Bertz CT molecular complexity index is 487. The monoisotopic (exact) mass is 310 g/mol. The van der Waals surface area contributed by atoms with Gasteiger partial charge in [0.2, 0.25) is 5.91 Å². The number of hydrogen-bond donors (Lipinski definition) is 1. The van der Waals surface area contributed by atoms with Gasteiger partial charge in [0.25, 0.3) is 0 Å². The Morgan fingerprint density at radius 2 is 2.05 bits per heavy atom. The molecule has 4 heteroatoms. The van der Waals surface area contributed by atoms with Crippen LogP contribution in [0.1, 0.15) is 43.7 Å². The maximum atomic E-state index is 12.7. The van der Waals surface area contributed by atoms with E-state index in [0.717, 1.165) is 25.7 Å². The summed E-state index contributed by atoms with van der Waals surface area (Å²) in [4.78, 5) is 14.5. The summed E-state index contributed by atoms with van der Waals surface area (Å²) >= 11 is 0. The summed E-state index contributed by atoms with van der Waals surface area (Å²) in [6.07, 6.45) is 4.12. The van der Waals surface area contributed by atoms with Crippen LogP contribution in [0.3, 0.4) is 0 Å². The number of halogens is 1. The first-order chi connectivity index (χ1) is 9.42. The Morgan fingerprint density at radius 3 is 2.67 bits per heavy atom. The van der Waals surface area contributed by atoms with Crippen molar-refractivity contribution in [2.45, 2.75) is 51.6 Å². The summed E-state index contributed by atoms with van der Waals surface area (Å²) in [6.45, 7) is 4.77. The highest BCUT2D eigenvalue weighted by atomic mass is 35.5. The molecule has 2 atom stereocenters. The average Bonchev–Trinajstić information content (AvgIpc) is 2.40. The van der Waals surface area contributed by atoms with Crippen LogP contribution in [0.5, 0.6) is 0 Å². The largest absolute Gasteiger partial charge is 0.341 e. The zero-order valence-electron chi connectivity index (χ0n) is 13.3. The molecular weight excluding hydrogens is 284 g/mol. The molecule has 1 fully saturated rings. The van der Waals surface area contributed by atoms with E-state index in [1.807, 2.05) is 31.0 Å². The minimum absolute atomic E-state index is 0. The fourth-order valence-electron chi connectivity index (χ4n) is 3.15. The van der Waals surface area contributed by atoms with Crippen LogP contribution < -0.4 is 5.73 Å². The predicted octanol–water partition coefficient (Wildman–Crippen LogP) is 3.28. The molecule has 118 valence electrons. The van der Waals surface area contributed by atoms with Crippen LogP contribution in [-0.2, 0) is 11.3 Å². The number of amides is 1. The molecule has 1 saturated carbocycles. The van der Waals surface area contributed by atoms with Gasteiger partial charge in [0, 0.05) is 19.1 Å². The van der Waals surface area contributed by atoms with Crippen LogP contribution in [0, 0.1) is 12.8 Å². The number of carbonyl (C=O) groups excluding carboxylic acids is 1. The van der Waals surface area contributed by atoms with Gasteiger partial charge in [0.15, 0.2) is 0 Å². The van der Waals surface area contributed by atoms with Crippen molar-refractivity contribution in [1.29, 1.82) is 0 Å². The Hall–Kier alpha value is -1.06. The first-order valence-corrected chi connectivity index (χ1v) is 7.50. The fraction of sp³-hybridized carbons (Fsp3) is 0.588. The second kappa shape index (κ2) is 7.28. The molecule has 0 saturated heterocycles. The molecule has 0 bridgehead atoms. The fourth-order valence-corrected chi connectivity index (χ4v) is 3.15. The zero-order chi connectivity index (χ0) is 14.8. The van der Waals surface area contributed by atoms with Gasteiger partial charge in [-0.15, -0.1) is 12.4 Å². The molecule has 1 aliphatic rings. The molecule has 21 heavy (non-hydrogen) atoms. The molecule has 1 aromatic rings. The van der Waals surface area contributed by atoms with Gasteiger partial charge in [-0.2, -0.15) is 0 Å². The third-order valence-electron chi connectivity index (χ3n) is 4.60. The Labute approximate surface area is 134 Å². The number of nitrogens with two attached hydrogens (primary N) is 1. The van der Waals surface area contributed by atoms with Crippen molar-refractivity contribution in [3.8, 4) is 0 Å². The standard InChI is InChI=1S/C17H26N2O.ClH/c1-13-8-4-5-9-14(13)12-19(3)16(20)15-10-6-7-11-17(15,2)18;/h4-5,8-9,15H,6-7,10-12,18H2,1-3H3;1H. The average molecular weight is 311 g/mol. The van der Waals surface area contributed by atoms with Gasteiger partial charge in [-0.1, -0.05) is 37.1 Å². The van der Waals surface area contributed by atoms with E-state index in [9.17, 15) is 4.79 Å². The van der Waals surface area contributed by atoms with Crippen LogP contribution in [0.25, 0.3) is 0 Å². The normalized spacial score (nSPS) is 25.0. The molecule has 3 nitrogen and oxygen atoms in total.